The van der Waals surface area contributed by atoms with E-state index in [2.05, 4.69) is 440 Å². The van der Waals surface area contributed by atoms with Crippen LogP contribution in [0.1, 0.15) is 148 Å². The third kappa shape index (κ3) is 17.0. The third-order valence-electron chi connectivity index (χ3n) is 23.4. The number of rotatable bonds is 18. The summed E-state index contributed by atoms with van der Waals surface area (Å²) in [5.74, 6) is 0. The Morgan fingerprint density at radius 1 is 0.207 bits per heavy atom. The second-order valence-electron chi connectivity index (χ2n) is 31.8. The molecular weight excluding hydrogens is 1400 g/mol. The van der Waals surface area contributed by atoms with E-state index in [0.717, 1.165) is 37.1 Å². The fourth-order valence-corrected chi connectivity index (χ4v) is 16.9. The molecule has 2 nitrogen and oxygen atoms in total. The normalized spacial score (nSPS) is 12.1. The van der Waals surface area contributed by atoms with Gasteiger partial charge in [-0.1, -0.05) is 337 Å². The molecule has 2 aliphatic carbocycles. The van der Waals surface area contributed by atoms with Crippen molar-refractivity contribution in [1.29, 1.82) is 0 Å². The molecule has 0 aromatic heterocycles. The van der Waals surface area contributed by atoms with Crippen molar-refractivity contribution < 1.29 is 0 Å². The summed E-state index contributed by atoms with van der Waals surface area (Å²) in [6.45, 7) is 12.9. The van der Waals surface area contributed by atoms with Crippen molar-refractivity contribution in [3.8, 4) is 0 Å². The lowest BCUT2D eigenvalue weighted by Crippen LogP contribution is -2.12. The maximum absolute atomic E-state index is 2.47. The summed E-state index contributed by atoms with van der Waals surface area (Å²) in [4.78, 5) is 4.94. The predicted molar refractivity (Wildman–Crippen MR) is 498 cm³/mol. The molecule has 0 radical (unpaired) electrons. The molecule has 0 N–H and O–H groups in total. The van der Waals surface area contributed by atoms with E-state index in [1.165, 1.54) is 215 Å². The van der Waals surface area contributed by atoms with Gasteiger partial charge in [0.2, 0.25) is 0 Å². The second kappa shape index (κ2) is 34.5. The summed E-state index contributed by atoms with van der Waals surface area (Å²) < 4.78 is 0. The minimum absolute atomic E-state index is 1.13. The van der Waals surface area contributed by atoms with Crippen LogP contribution in [-0.4, -0.2) is 0 Å². The fraction of sp³-hybridized carbons (Fsp3) is 0.123. The summed E-state index contributed by atoms with van der Waals surface area (Å²) in [5.41, 5.74) is 39.8. The van der Waals surface area contributed by atoms with Gasteiger partial charge in [0, 0.05) is 33.5 Å². The van der Waals surface area contributed by atoms with Gasteiger partial charge in [0.15, 0.2) is 0 Å². The molecule has 0 bridgehead atoms. The highest BCUT2D eigenvalue weighted by molar-refractivity contribution is 6.08. The molecule has 0 fully saturated rings. The number of aryl methyl sites for hydroxylation is 10. The van der Waals surface area contributed by atoms with Crippen LogP contribution < -0.4 is 9.80 Å². The van der Waals surface area contributed by atoms with Gasteiger partial charge in [0.1, 0.15) is 0 Å². The zero-order valence-corrected chi connectivity index (χ0v) is 67.5. The van der Waals surface area contributed by atoms with Gasteiger partial charge in [-0.2, -0.15) is 0 Å². The van der Waals surface area contributed by atoms with Gasteiger partial charge in [0.05, 0.1) is 11.4 Å². The molecule has 0 saturated carbocycles. The monoisotopic (exact) mass is 1490 g/mol. The number of benzene rings is 16. The highest BCUT2D eigenvalue weighted by atomic mass is 15.1. The number of nitrogens with zero attached hydrogens (tertiary/aromatic N) is 2. The summed E-state index contributed by atoms with van der Waals surface area (Å²) in [6.07, 6.45) is 19.0. The predicted octanol–water partition coefficient (Wildman–Crippen LogP) is 30.6. The Morgan fingerprint density at radius 3 is 0.759 bits per heavy atom. The molecule has 2 heteroatoms. The summed E-state index contributed by atoms with van der Waals surface area (Å²) in [7, 11) is 0. The van der Waals surface area contributed by atoms with Crippen LogP contribution in [0.25, 0.3) is 68.1 Å². The SMILES string of the molecule is Cc1ccc(C(=Cc2ccc(N(c3ccc4c(c3)CCCC4)c3ccc(C=C(c4ccc(C)cc4)c4ccc(C)cc4)c4ccccc34)cc2)c2ccc(C)cc2)cc1.Cc1ccc(C(=Cc2ccc(N(c3ccc4c(c3)CCCC4)c3ccc(C=C(c4ccccc4)c4ccccc4)c4ccccc34)cc2)c2ccc(C)cc2)cc1. The molecule has 564 valence electrons. The van der Waals surface area contributed by atoms with Gasteiger partial charge in [0.25, 0.3) is 0 Å². The Balaban J connectivity index is 0.000000167. The van der Waals surface area contributed by atoms with E-state index in [0.29, 0.717) is 0 Å². The molecule has 2 aliphatic rings. The number of hydrogen-bond donors (Lipinski definition) is 0. The molecule has 0 amide bonds. The summed E-state index contributed by atoms with van der Waals surface area (Å²) in [6, 6.07) is 134. The van der Waals surface area contributed by atoms with E-state index in [4.69, 9.17) is 0 Å². The van der Waals surface area contributed by atoms with Gasteiger partial charge in [-0.05, 0) is 300 Å². The molecule has 0 spiro atoms. The number of hydrogen-bond acceptors (Lipinski definition) is 2. The Bertz CT molecular complexity index is 6100. The molecule has 0 atom stereocenters. The highest BCUT2D eigenvalue weighted by Gasteiger charge is 2.23. The quantitative estimate of drug-likeness (QED) is 0.0790. The highest BCUT2D eigenvalue weighted by Crippen LogP contribution is 2.46. The summed E-state index contributed by atoms with van der Waals surface area (Å²) in [5, 5.41) is 4.89. The molecule has 16 aromatic rings. The minimum Gasteiger partial charge on any atom is -0.310 e. The molecule has 18 rings (SSSR count). The third-order valence-corrected chi connectivity index (χ3v) is 23.4. The average Bonchev–Trinajstić information content (AvgIpc) is 0.763. The maximum Gasteiger partial charge on any atom is 0.0540 e. The van der Waals surface area contributed by atoms with Crippen LogP contribution in [0.15, 0.2) is 364 Å². The Hall–Kier alpha value is -13.4. The zero-order chi connectivity index (χ0) is 78.9. The average molecular weight is 1500 g/mol. The standard InChI is InChI=1S/C58H51N.C56H47N/c1-40-13-23-46(24-14-40)56(47-25-15-41(2)16-26-47)37-44-21-33-52(34-22-44)59(53-35-31-45-9-5-6-10-50(45)38-53)58-36-32-51(54-11-7-8-12-55(54)58)39-57(48-27-17-42(3)18-28-48)49-29-19-43(4)20-30-49;1-40-21-27-46(28-22-40)54(47-29-23-41(2)24-30-47)37-42-25-33-50(34-26-42)57(51-35-31-43-13-9-10-18-48(43)38-51)56-36-32-49(52-19-11-12-20-53(52)56)39-55(44-14-5-3-6-15-44)45-16-7-4-8-17-45/h7-8,11-39H,5-6,9-10H2,1-4H3;3-8,11-12,14-17,19-39H,9-10,13,18H2,1-2H3. The molecule has 116 heavy (non-hydrogen) atoms. The molecular formula is C114H98N2. The maximum atomic E-state index is 2.47. The van der Waals surface area contributed by atoms with Crippen LogP contribution in [0, 0.1) is 41.5 Å². The van der Waals surface area contributed by atoms with Gasteiger partial charge in [-0.15, -0.1) is 0 Å². The molecule has 0 heterocycles. The van der Waals surface area contributed by atoms with E-state index >= 15 is 0 Å². The van der Waals surface area contributed by atoms with Crippen molar-refractivity contribution in [2.45, 2.75) is 92.9 Å². The lowest BCUT2D eigenvalue weighted by atomic mass is 9.91. The van der Waals surface area contributed by atoms with Gasteiger partial charge < -0.3 is 9.80 Å². The van der Waals surface area contributed by atoms with E-state index < -0.39 is 0 Å². The summed E-state index contributed by atoms with van der Waals surface area (Å²) >= 11 is 0. The van der Waals surface area contributed by atoms with E-state index in [1.807, 2.05) is 0 Å². The number of anilines is 6. The van der Waals surface area contributed by atoms with Crippen LogP contribution >= 0.6 is 0 Å². The lowest BCUT2D eigenvalue weighted by Gasteiger charge is -2.29. The second-order valence-corrected chi connectivity index (χ2v) is 31.8. The van der Waals surface area contributed by atoms with Crippen LogP contribution in [-0.2, 0) is 25.7 Å². The van der Waals surface area contributed by atoms with E-state index in [9.17, 15) is 0 Å². The Morgan fingerprint density at radius 2 is 0.457 bits per heavy atom. The first kappa shape index (κ1) is 75.3. The minimum atomic E-state index is 1.13. The largest absolute Gasteiger partial charge is 0.310 e. The Kier molecular flexibility index (Phi) is 22.4. The zero-order valence-electron chi connectivity index (χ0n) is 67.5. The van der Waals surface area contributed by atoms with E-state index in [-0.39, 0.29) is 0 Å². The molecule has 0 saturated heterocycles. The van der Waals surface area contributed by atoms with Crippen molar-refractivity contribution in [3.05, 3.63) is 486 Å². The van der Waals surface area contributed by atoms with Crippen molar-refractivity contribution in [2.24, 2.45) is 0 Å². The molecule has 0 aliphatic heterocycles. The van der Waals surface area contributed by atoms with Gasteiger partial charge in [-0.25, -0.2) is 0 Å². The van der Waals surface area contributed by atoms with Crippen LogP contribution in [0.4, 0.5) is 34.1 Å². The van der Waals surface area contributed by atoms with Crippen LogP contribution in [0.5, 0.6) is 0 Å². The van der Waals surface area contributed by atoms with Crippen molar-refractivity contribution in [3.63, 3.8) is 0 Å². The van der Waals surface area contributed by atoms with Crippen LogP contribution in [0.2, 0.25) is 0 Å². The van der Waals surface area contributed by atoms with Crippen LogP contribution in [0.3, 0.4) is 0 Å². The van der Waals surface area contributed by atoms with Crippen molar-refractivity contribution >= 4 is 102 Å². The lowest BCUT2D eigenvalue weighted by molar-refractivity contribution is 0.685. The van der Waals surface area contributed by atoms with Crippen molar-refractivity contribution in [1.82, 2.24) is 0 Å². The van der Waals surface area contributed by atoms with Gasteiger partial charge in [-0.3, -0.25) is 0 Å². The number of fused-ring (bicyclic) bond motifs is 4. The molecule has 16 aromatic carbocycles. The van der Waals surface area contributed by atoms with E-state index in [1.54, 1.807) is 0 Å². The fourth-order valence-electron chi connectivity index (χ4n) is 16.9. The Labute approximate surface area is 686 Å². The molecule has 0 unspecified atom stereocenters. The smallest absolute Gasteiger partial charge is 0.0540 e. The first-order chi connectivity index (χ1) is 56.9. The first-order valence-corrected chi connectivity index (χ1v) is 41.4. The topological polar surface area (TPSA) is 6.48 Å². The first-order valence-electron chi connectivity index (χ1n) is 41.4. The van der Waals surface area contributed by atoms with Gasteiger partial charge >= 0.3 is 0 Å². The van der Waals surface area contributed by atoms with Crippen molar-refractivity contribution in [2.75, 3.05) is 9.80 Å².